The predicted molar refractivity (Wildman–Crippen MR) is 85.4 cm³/mol. The van der Waals surface area contributed by atoms with Crippen LogP contribution in [-0.4, -0.2) is 0 Å². The topological polar surface area (TPSA) is 9.23 Å². The van der Waals surface area contributed by atoms with Crippen LogP contribution < -0.4 is 4.74 Å². The van der Waals surface area contributed by atoms with E-state index in [1.165, 1.54) is 11.1 Å². The van der Waals surface area contributed by atoms with E-state index in [0.29, 0.717) is 0 Å². The Morgan fingerprint density at radius 3 is 2.29 bits per heavy atom. The zero-order valence-electron chi connectivity index (χ0n) is 11.3. The quantitative estimate of drug-likeness (QED) is 0.442. The van der Waals surface area contributed by atoms with E-state index < -0.39 is 0 Å². The van der Waals surface area contributed by atoms with Crippen LogP contribution in [0.25, 0.3) is 0 Å². The molecule has 1 heterocycles. The van der Waals surface area contributed by atoms with Crippen LogP contribution in [0, 0.1) is 0 Å². The third kappa shape index (κ3) is 2.10. The smallest absolute Gasteiger partial charge is 0.131 e. The second-order valence-corrected chi connectivity index (χ2v) is 5.60. The van der Waals surface area contributed by atoms with E-state index in [9.17, 15) is 0 Å². The van der Waals surface area contributed by atoms with E-state index in [1.54, 1.807) is 0 Å². The van der Waals surface area contributed by atoms with Gasteiger partial charge in [-0.2, -0.15) is 0 Å². The molecule has 1 unspecified atom stereocenters. The van der Waals surface area contributed by atoms with Crippen molar-refractivity contribution in [2.24, 2.45) is 0 Å². The molecular formula is C19H13ClO. The second kappa shape index (κ2) is 4.94. The summed E-state index contributed by atoms with van der Waals surface area (Å²) < 4.78 is 6.03. The highest BCUT2D eigenvalue weighted by Crippen LogP contribution is 2.47. The van der Waals surface area contributed by atoms with Gasteiger partial charge in [0.1, 0.15) is 11.5 Å². The molecule has 0 spiro atoms. The molecule has 0 radical (unpaired) electrons. The Kier molecular flexibility index (Phi) is 2.94. The van der Waals surface area contributed by atoms with Gasteiger partial charge in [0.05, 0.1) is 0 Å². The molecule has 1 nitrogen and oxygen atoms in total. The maximum Gasteiger partial charge on any atom is 0.131 e. The monoisotopic (exact) mass is 292 g/mol. The third-order valence-corrected chi connectivity index (χ3v) is 4.10. The standard InChI is InChI=1S/C19H13ClO/c20-14-10-11-18-16(12-14)19(13-6-2-1-3-7-13)15-8-4-5-9-17(15)21-18/h1-12,19H. The van der Waals surface area contributed by atoms with E-state index in [0.717, 1.165) is 22.1 Å². The third-order valence-electron chi connectivity index (χ3n) is 3.87. The molecule has 1 aliphatic heterocycles. The molecule has 21 heavy (non-hydrogen) atoms. The summed E-state index contributed by atoms with van der Waals surface area (Å²) in [5, 5.41) is 0.734. The van der Waals surface area contributed by atoms with Crippen molar-refractivity contribution < 1.29 is 4.74 Å². The highest BCUT2D eigenvalue weighted by molar-refractivity contribution is 6.30. The highest BCUT2D eigenvalue weighted by atomic mass is 35.5. The van der Waals surface area contributed by atoms with Crippen LogP contribution in [0.2, 0.25) is 5.02 Å². The van der Waals surface area contributed by atoms with Gasteiger partial charge in [-0.1, -0.05) is 60.1 Å². The molecule has 2 heteroatoms. The molecule has 0 saturated carbocycles. The first kappa shape index (κ1) is 12.5. The minimum Gasteiger partial charge on any atom is -0.457 e. The van der Waals surface area contributed by atoms with Gasteiger partial charge in [0, 0.05) is 22.1 Å². The van der Waals surface area contributed by atoms with Crippen LogP contribution in [0.1, 0.15) is 22.6 Å². The molecular weight excluding hydrogens is 280 g/mol. The molecule has 0 aromatic heterocycles. The molecule has 0 saturated heterocycles. The van der Waals surface area contributed by atoms with Gasteiger partial charge in [-0.05, 0) is 29.8 Å². The number of hydrogen-bond donors (Lipinski definition) is 0. The molecule has 3 aromatic carbocycles. The van der Waals surface area contributed by atoms with Gasteiger partial charge in [-0.15, -0.1) is 0 Å². The average molecular weight is 293 g/mol. The first-order valence-electron chi connectivity index (χ1n) is 6.94. The lowest BCUT2D eigenvalue weighted by Crippen LogP contribution is -2.11. The van der Waals surface area contributed by atoms with Crippen molar-refractivity contribution in [2.45, 2.75) is 5.92 Å². The first-order chi connectivity index (χ1) is 10.3. The number of halogens is 1. The normalized spacial score (nSPS) is 15.8. The summed E-state index contributed by atoms with van der Waals surface area (Å²) in [6.07, 6.45) is 0. The minimum atomic E-state index is 0.157. The Morgan fingerprint density at radius 1 is 0.714 bits per heavy atom. The number of benzene rings is 3. The van der Waals surface area contributed by atoms with Crippen molar-refractivity contribution in [1.82, 2.24) is 0 Å². The van der Waals surface area contributed by atoms with Crippen molar-refractivity contribution in [3.8, 4) is 11.5 Å². The van der Waals surface area contributed by atoms with Crippen LogP contribution in [0.15, 0.2) is 72.8 Å². The summed E-state index contributed by atoms with van der Waals surface area (Å²) in [6, 6.07) is 24.5. The number of fused-ring (bicyclic) bond motifs is 2. The Hall–Kier alpha value is -2.25. The number of rotatable bonds is 1. The maximum absolute atomic E-state index is 6.20. The highest BCUT2D eigenvalue weighted by Gasteiger charge is 2.28. The maximum atomic E-state index is 6.20. The van der Waals surface area contributed by atoms with Crippen LogP contribution >= 0.6 is 11.6 Å². The number of hydrogen-bond acceptors (Lipinski definition) is 1. The molecule has 0 amide bonds. The molecule has 3 aromatic rings. The van der Waals surface area contributed by atoms with Crippen LogP contribution in [0.3, 0.4) is 0 Å². The van der Waals surface area contributed by atoms with Crippen molar-refractivity contribution in [1.29, 1.82) is 0 Å². The number of ether oxygens (including phenoxy) is 1. The van der Waals surface area contributed by atoms with Crippen molar-refractivity contribution in [3.63, 3.8) is 0 Å². The molecule has 0 bridgehead atoms. The second-order valence-electron chi connectivity index (χ2n) is 5.17. The van der Waals surface area contributed by atoms with E-state index in [1.807, 2.05) is 42.5 Å². The average Bonchev–Trinajstić information content (AvgIpc) is 2.53. The summed E-state index contributed by atoms with van der Waals surface area (Å²) in [4.78, 5) is 0. The summed E-state index contributed by atoms with van der Waals surface area (Å²) in [5.74, 6) is 1.96. The van der Waals surface area contributed by atoms with Crippen LogP contribution in [-0.2, 0) is 0 Å². The van der Waals surface area contributed by atoms with E-state index in [2.05, 4.69) is 30.3 Å². The molecule has 0 aliphatic carbocycles. The molecule has 102 valence electrons. The van der Waals surface area contributed by atoms with Gasteiger partial charge >= 0.3 is 0 Å². The Bertz CT molecular complexity index is 796. The van der Waals surface area contributed by atoms with Crippen molar-refractivity contribution in [3.05, 3.63) is 94.5 Å². The Morgan fingerprint density at radius 2 is 1.43 bits per heavy atom. The first-order valence-corrected chi connectivity index (χ1v) is 7.32. The zero-order valence-corrected chi connectivity index (χ0v) is 12.0. The molecule has 0 N–H and O–H groups in total. The Labute approximate surface area is 128 Å². The summed E-state index contributed by atoms with van der Waals surface area (Å²) >= 11 is 6.20. The lowest BCUT2D eigenvalue weighted by molar-refractivity contribution is 0.453. The van der Waals surface area contributed by atoms with Gasteiger partial charge < -0.3 is 4.74 Å². The fraction of sp³-hybridized carbons (Fsp3) is 0.0526. The van der Waals surface area contributed by atoms with Crippen molar-refractivity contribution >= 4 is 11.6 Å². The largest absolute Gasteiger partial charge is 0.457 e. The van der Waals surface area contributed by atoms with Crippen LogP contribution in [0.4, 0.5) is 0 Å². The van der Waals surface area contributed by atoms with E-state index in [-0.39, 0.29) is 5.92 Å². The van der Waals surface area contributed by atoms with Crippen molar-refractivity contribution in [2.75, 3.05) is 0 Å². The van der Waals surface area contributed by atoms with Gasteiger partial charge in [0.2, 0.25) is 0 Å². The summed E-state index contributed by atoms with van der Waals surface area (Å²) in [6.45, 7) is 0. The Balaban J connectivity index is 1.98. The summed E-state index contributed by atoms with van der Waals surface area (Å²) in [5.41, 5.74) is 3.54. The predicted octanol–water partition coefficient (Wildman–Crippen LogP) is 5.63. The summed E-state index contributed by atoms with van der Waals surface area (Å²) in [7, 11) is 0. The fourth-order valence-electron chi connectivity index (χ4n) is 2.94. The van der Waals surface area contributed by atoms with E-state index >= 15 is 0 Å². The van der Waals surface area contributed by atoms with Crippen LogP contribution in [0.5, 0.6) is 11.5 Å². The zero-order chi connectivity index (χ0) is 14.2. The molecule has 4 rings (SSSR count). The van der Waals surface area contributed by atoms with Gasteiger partial charge in [-0.25, -0.2) is 0 Å². The SMILES string of the molecule is Clc1ccc2c(c1)C(c1ccccc1)c1ccccc1O2. The lowest BCUT2D eigenvalue weighted by Gasteiger charge is -2.28. The van der Waals surface area contributed by atoms with E-state index in [4.69, 9.17) is 16.3 Å². The minimum absolute atomic E-state index is 0.157. The molecule has 1 atom stereocenters. The van der Waals surface area contributed by atoms with Gasteiger partial charge in [0.15, 0.2) is 0 Å². The van der Waals surface area contributed by atoms with Gasteiger partial charge in [0.25, 0.3) is 0 Å². The fourth-order valence-corrected chi connectivity index (χ4v) is 3.12. The lowest BCUT2D eigenvalue weighted by atomic mass is 9.83. The van der Waals surface area contributed by atoms with Gasteiger partial charge in [-0.3, -0.25) is 0 Å². The molecule has 0 fully saturated rings. The number of para-hydroxylation sites is 1. The molecule has 1 aliphatic rings.